The second-order valence-corrected chi connectivity index (χ2v) is 7.14. The Morgan fingerprint density at radius 3 is 2.32 bits per heavy atom. The molecule has 25 heavy (non-hydrogen) atoms. The summed E-state index contributed by atoms with van der Waals surface area (Å²) in [6.07, 6.45) is 0.429. The van der Waals surface area contributed by atoms with Crippen LogP contribution in [0, 0.1) is 11.8 Å². The van der Waals surface area contributed by atoms with Gasteiger partial charge in [-0.05, 0) is 43.5 Å². The van der Waals surface area contributed by atoms with E-state index in [0.29, 0.717) is 23.6 Å². The number of amides is 2. The molecule has 0 radical (unpaired) electrons. The van der Waals surface area contributed by atoms with Crippen LogP contribution in [0.15, 0.2) is 24.3 Å². The van der Waals surface area contributed by atoms with Gasteiger partial charge in [0, 0.05) is 23.2 Å². The smallest absolute Gasteiger partial charge is 0.308 e. The summed E-state index contributed by atoms with van der Waals surface area (Å²) in [5.74, 6) is -2.18. The van der Waals surface area contributed by atoms with Crippen molar-refractivity contribution in [2.24, 2.45) is 11.8 Å². The molecule has 2 amide bonds. The number of aliphatic carboxylic acids is 1. The van der Waals surface area contributed by atoms with E-state index in [9.17, 15) is 19.5 Å². The molecule has 3 unspecified atom stereocenters. The van der Waals surface area contributed by atoms with Crippen molar-refractivity contribution in [3.05, 3.63) is 34.9 Å². The molecule has 136 valence electrons. The van der Waals surface area contributed by atoms with E-state index in [1.165, 1.54) is 0 Å². The number of halogens is 1. The fraction of sp³-hybridized carbons (Fsp3) is 0.500. The van der Waals surface area contributed by atoms with Crippen molar-refractivity contribution < 1.29 is 19.5 Å². The van der Waals surface area contributed by atoms with E-state index < -0.39 is 24.0 Å². The summed E-state index contributed by atoms with van der Waals surface area (Å²) in [7, 11) is 0. The zero-order valence-electron chi connectivity index (χ0n) is 14.5. The Balaban J connectivity index is 2.12. The van der Waals surface area contributed by atoms with Crippen LogP contribution in [-0.2, 0) is 9.59 Å². The van der Waals surface area contributed by atoms with E-state index >= 15 is 0 Å². The summed E-state index contributed by atoms with van der Waals surface area (Å²) in [6, 6.07) is 5.32. The minimum absolute atomic E-state index is 0.125. The quantitative estimate of drug-likeness (QED) is 0.837. The van der Waals surface area contributed by atoms with Gasteiger partial charge in [0.05, 0.1) is 5.92 Å². The number of carbonyl (C=O) groups excluding carboxylic acids is 2. The van der Waals surface area contributed by atoms with Gasteiger partial charge < -0.3 is 15.3 Å². The molecular weight excluding hydrogens is 344 g/mol. The van der Waals surface area contributed by atoms with Crippen LogP contribution in [0.4, 0.5) is 0 Å². The molecule has 0 bridgehead atoms. The second-order valence-electron chi connectivity index (χ2n) is 6.71. The third-order valence-electron chi connectivity index (χ3n) is 4.68. The summed E-state index contributed by atoms with van der Waals surface area (Å²) < 4.78 is 0. The third kappa shape index (κ3) is 4.31. The lowest BCUT2D eigenvalue weighted by molar-refractivity contribution is -0.143. The van der Waals surface area contributed by atoms with Crippen LogP contribution in [0.1, 0.15) is 37.6 Å². The van der Waals surface area contributed by atoms with Crippen LogP contribution < -0.4 is 5.32 Å². The van der Waals surface area contributed by atoms with Crippen molar-refractivity contribution in [3.8, 4) is 0 Å². The standard InChI is InChI=1S/C18H23ClN2O4/c1-10(2)15(20-16(22)12-4-6-13(19)7-5-12)17(23)21-9-8-14(11(21)3)18(24)25/h4-7,10-11,14-15H,8-9H2,1-3H3,(H,20,22)(H,24,25). The van der Waals surface area contributed by atoms with Crippen LogP contribution in [0.2, 0.25) is 5.02 Å². The number of hydrogen-bond donors (Lipinski definition) is 2. The zero-order valence-corrected chi connectivity index (χ0v) is 15.3. The zero-order chi connectivity index (χ0) is 18.7. The largest absolute Gasteiger partial charge is 0.481 e. The highest BCUT2D eigenvalue weighted by molar-refractivity contribution is 6.30. The molecule has 0 aromatic heterocycles. The summed E-state index contributed by atoms with van der Waals surface area (Å²) in [5, 5.41) is 12.5. The fourth-order valence-electron chi connectivity index (χ4n) is 3.10. The number of benzene rings is 1. The molecule has 1 saturated heterocycles. The average Bonchev–Trinajstić information content (AvgIpc) is 2.94. The normalized spacial score (nSPS) is 21.2. The van der Waals surface area contributed by atoms with Gasteiger partial charge in [-0.15, -0.1) is 0 Å². The van der Waals surface area contributed by atoms with E-state index in [2.05, 4.69) is 5.32 Å². The van der Waals surface area contributed by atoms with Crippen LogP contribution in [0.25, 0.3) is 0 Å². The molecule has 7 heteroatoms. The molecule has 6 nitrogen and oxygen atoms in total. The molecular formula is C18H23ClN2O4. The fourth-order valence-corrected chi connectivity index (χ4v) is 3.22. The first-order valence-electron chi connectivity index (χ1n) is 8.32. The summed E-state index contributed by atoms with van der Waals surface area (Å²) >= 11 is 5.82. The molecule has 3 atom stereocenters. The number of rotatable bonds is 5. The average molecular weight is 367 g/mol. The van der Waals surface area contributed by atoms with Crippen molar-refractivity contribution in [2.75, 3.05) is 6.54 Å². The Morgan fingerprint density at radius 2 is 1.84 bits per heavy atom. The number of likely N-dealkylation sites (tertiary alicyclic amines) is 1. The summed E-state index contributed by atoms with van der Waals surface area (Å²) in [4.78, 5) is 38.1. The van der Waals surface area contributed by atoms with Crippen LogP contribution in [-0.4, -0.2) is 46.4 Å². The molecule has 1 fully saturated rings. The van der Waals surface area contributed by atoms with E-state index in [1.54, 1.807) is 36.1 Å². The molecule has 1 aliphatic rings. The Morgan fingerprint density at radius 1 is 1.24 bits per heavy atom. The Bertz CT molecular complexity index is 660. The number of carbonyl (C=O) groups is 3. The molecule has 1 heterocycles. The highest BCUT2D eigenvalue weighted by Gasteiger charge is 2.41. The van der Waals surface area contributed by atoms with Gasteiger partial charge in [-0.2, -0.15) is 0 Å². The molecule has 1 aliphatic heterocycles. The highest BCUT2D eigenvalue weighted by Crippen LogP contribution is 2.26. The molecule has 0 aliphatic carbocycles. The minimum Gasteiger partial charge on any atom is -0.481 e. The maximum absolute atomic E-state index is 12.9. The monoisotopic (exact) mass is 366 g/mol. The highest BCUT2D eigenvalue weighted by atomic mass is 35.5. The van der Waals surface area contributed by atoms with Gasteiger partial charge in [-0.25, -0.2) is 0 Å². The van der Waals surface area contributed by atoms with Crippen LogP contribution >= 0.6 is 11.6 Å². The Kier molecular flexibility index (Phi) is 6.06. The van der Waals surface area contributed by atoms with Crippen molar-refractivity contribution in [1.82, 2.24) is 10.2 Å². The van der Waals surface area contributed by atoms with Crippen molar-refractivity contribution in [3.63, 3.8) is 0 Å². The third-order valence-corrected chi connectivity index (χ3v) is 4.93. The van der Waals surface area contributed by atoms with Gasteiger partial charge in [-0.3, -0.25) is 14.4 Å². The SMILES string of the molecule is CC(C)C(NC(=O)c1ccc(Cl)cc1)C(=O)N1CCC(C(=O)O)C1C. The van der Waals surface area contributed by atoms with E-state index in [1.807, 2.05) is 13.8 Å². The van der Waals surface area contributed by atoms with Gasteiger partial charge in [-0.1, -0.05) is 25.4 Å². The van der Waals surface area contributed by atoms with Crippen molar-refractivity contribution in [2.45, 2.75) is 39.3 Å². The first-order chi connectivity index (χ1) is 11.7. The predicted octanol–water partition coefficient (Wildman–Crippen LogP) is 2.42. The second kappa shape index (κ2) is 7.87. The molecule has 1 aromatic carbocycles. The molecule has 1 aromatic rings. The maximum atomic E-state index is 12.9. The first-order valence-corrected chi connectivity index (χ1v) is 8.70. The molecule has 0 saturated carbocycles. The van der Waals surface area contributed by atoms with Gasteiger partial charge in [0.2, 0.25) is 5.91 Å². The van der Waals surface area contributed by atoms with Gasteiger partial charge >= 0.3 is 5.97 Å². The Labute approximate surface area is 152 Å². The lowest BCUT2D eigenvalue weighted by Crippen LogP contribution is -2.52. The van der Waals surface area contributed by atoms with E-state index in [0.717, 1.165) is 0 Å². The summed E-state index contributed by atoms with van der Waals surface area (Å²) in [6.45, 7) is 5.82. The number of carboxylic acids is 1. The number of nitrogens with one attached hydrogen (secondary N) is 1. The van der Waals surface area contributed by atoms with Gasteiger partial charge in [0.15, 0.2) is 0 Å². The molecule has 0 spiro atoms. The number of nitrogens with zero attached hydrogens (tertiary/aromatic N) is 1. The minimum atomic E-state index is -0.894. The maximum Gasteiger partial charge on any atom is 0.308 e. The molecule has 2 N–H and O–H groups in total. The Hall–Kier alpha value is -2.08. The predicted molar refractivity (Wildman–Crippen MR) is 94.5 cm³/mol. The van der Waals surface area contributed by atoms with Crippen molar-refractivity contribution in [1.29, 1.82) is 0 Å². The van der Waals surface area contributed by atoms with E-state index in [-0.39, 0.29) is 17.7 Å². The first kappa shape index (κ1) is 19.2. The topological polar surface area (TPSA) is 86.7 Å². The lowest BCUT2D eigenvalue weighted by atomic mass is 10.00. The van der Waals surface area contributed by atoms with Gasteiger partial charge in [0.1, 0.15) is 6.04 Å². The lowest BCUT2D eigenvalue weighted by Gasteiger charge is -2.30. The van der Waals surface area contributed by atoms with Crippen LogP contribution in [0.3, 0.4) is 0 Å². The van der Waals surface area contributed by atoms with Gasteiger partial charge in [0.25, 0.3) is 5.91 Å². The van der Waals surface area contributed by atoms with Crippen LogP contribution in [0.5, 0.6) is 0 Å². The number of hydrogen-bond acceptors (Lipinski definition) is 3. The number of carboxylic acid groups (broad SMARTS) is 1. The molecule has 2 rings (SSSR count). The van der Waals surface area contributed by atoms with Crippen molar-refractivity contribution >= 4 is 29.4 Å². The van der Waals surface area contributed by atoms with E-state index in [4.69, 9.17) is 11.6 Å². The summed E-state index contributed by atoms with van der Waals surface area (Å²) in [5.41, 5.74) is 0.417.